The van der Waals surface area contributed by atoms with E-state index in [1.807, 2.05) is 0 Å². The zero-order chi connectivity index (χ0) is 20.5. The second-order valence-electron chi connectivity index (χ2n) is 6.42. The summed E-state index contributed by atoms with van der Waals surface area (Å²) in [6.45, 7) is 0.405. The molecule has 1 fully saturated rings. The van der Waals surface area contributed by atoms with Crippen LogP contribution in [-0.4, -0.2) is 53.1 Å². The molecule has 0 radical (unpaired) electrons. The van der Waals surface area contributed by atoms with E-state index in [0.29, 0.717) is 17.9 Å². The molecule has 0 aliphatic carbocycles. The number of nitrogens with zero attached hydrogens (tertiary/aromatic N) is 2. The van der Waals surface area contributed by atoms with Crippen molar-refractivity contribution in [1.82, 2.24) is 9.88 Å². The molecule has 1 aliphatic heterocycles. The largest absolute Gasteiger partial charge is 0.497 e. The number of halogens is 1. The van der Waals surface area contributed by atoms with Crippen LogP contribution in [0.3, 0.4) is 0 Å². The Hall–Kier alpha value is -3.44. The molecule has 1 unspecified atom stereocenters. The van der Waals surface area contributed by atoms with Gasteiger partial charge in [-0.05, 0) is 18.2 Å². The predicted molar refractivity (Wildman–Crippen MR) is 98.8 cm³/mol. The molecule has 1 aromatic heterocycles. The summed E-state index contributed by atoms with van der Waals surface area (Å²) in [4.78, 5) is 29.0. The van der Waals surface area contributed by atoms with Gasteiger partial charge >= 0.3 is 0 Å². The molecule has 1 aliphatic rings. The van der Waals surface area contributed by atoms with Crippen LogP contribution in [0.15, 0.2) is 30.3 Å². The Kier molecular flexibility index (Phi) is 5.03. The third kappa shape index (κ3) is 3.66. The number of pyridine rings is 1. The van der Waals surface area contributed by atoms with Crippen molar-refractivity contribution in [3.63, 3.8) is 0 Å². The maximum absolute atomic E-state index is 14.4. The minimum Gasteiger partial charge on any atom is -0.497 e. The summed E-state index contributed by atoms with van der Waals surface area (Å²) in [5.74, 6) is 3.76. The molecule has 144 valence electrons. The van der Waals surface area contributed by atoms with Gasteiger partial charge in [-0.2, -0.15) is 0 Å². The quantitative estimate of drug-likeness (QED) is 0.768. The number of hydrogen-bond donors (Lipinski definition) is 2. The van der Waals surface area contributed by atoms with E-state index in [9.17, 15) is 19.1 Å². The Morgan fingerprint density at radius 2 is 2.14 bits per heavy atom. The van der Waals surface area contributed by atoms with Gasteiger partial charge in [0.2, 0.25) is 5.60 Å². The number of nitrogens with two attached hydrogens (primary N) is 1. The van der Waals surface area contributed by atoms with Gasteiger partial charge in [-0.15, -0.1) is 0 Å². The van der Waals surface area contributed by atoms with E-state index in [-0.39, 0.29) is 23.4 Å². The van der Waals surface area contributed by atoms with Crippen LogP contribution in [-0.2, 0) is 4.79 Å². The molecule has 0 saturated carbocycles. The van der Waals surface area contributed by atoms with E-state index >= 15 is 0 Å². The number of benzene rings is 1. The number of carbonyl (C=O) groups is 2. The lowest BCUT2D eigenvalue weighted by atomic mass is 10.0. The molecule has 7 nitrogen and oxygen atoms in total. The standard InChI is InChI=1S/C20H18FN3O4/c1-24-8-7-20(27,19(24)26)6-5-12-3-4-15(21)14(9-12)16-10-13(28-2)11-17(23-16)18(22)25/h3-4,9-11,27H,7-8H2,1-2H3,(H2,22,25). The van der Waals surface area contributed by atoms with Gasteiger partial charge in [-0.25, -0.2) is 9.37 Å². The van der Waals surface area contributed by atoms with Gasteiger partial charge in [-0.1, -0.05) is 11.8 Å². The van der Waals surface area contributed by atoms with Gasteiger partial charge in [0, 0.05) is 43.3 Å². The van der Waals surface area contributed by atoms with Crippen LogP contribution in [0.1, 0.15) is 22.5 Å². The molecule has 28 heavy (non-hydrogen) atoms. The van der Waals surface area contributed by atoms with Gasteiger partial charge in [0.1, 0.15) is 17.3 Å². The predicted octanol–water partition coefficient (Wildman–Crippen LogP) is 0.940. The van der Waals surface area contributed by atoms with E-state index in [1.165, 1.54) is 42.3 Å². The van der Waals surface area contributed by atoms with Gasteiger partial charge in [0.15, 0.2) is 0 Å². The molecule has 1 saturated heterocycles. The van der Waals surface area contributed by atoms with Crippen molar-refractivity contribution in [2.45, 2.75) is 12.0 Å². The van der Waals surface area contributed by atoms with E-state index in [2.05, 4.69) is 16.8 Å². The van der Waals surface area contributed by atoms with Crippen LogP contribution in [0.2, 0.25) is 0 Å². The topological polar surface area (TPSA) is 106 Å². The van der Waals surface area contributed by atoms with Crippen molar-refractivity contribution in [2.24, 2.45) is 5.73 Å². The molecule has 2 heterocycles. The number of rotatable bonds is 3. The number of amides is 2. The summed E-state index contributed by atoms with van der Waals surface area (Å²) in [6, 6.07) is 6.85. The number of aliphatic hydroxyl groups is 1. The van der Waals surface area contributed by atoms with E-state index in [0.717, 1.165) is 0 Å². The molecule has 0 spiro atoms. The van der Waals surface area contributed by atoms with Crippen LogP contribution >= 0.6 is 0 Å². The number of aromatic nitrogens is 1. The van der Waals surface area contributed by atoms with Crippen molar-refractivity contribution in [1.29, 1.82) is 0 Å². The molecule has 8 heteroatoms. The zero-order valence-electron chi connectivity index (χ0n) is 15.3. The highest BCUT2D eigenvalue weighted by molar-refractivity contribution is 5.92. The van der Waals surface area contributed by atoms with Crippen molar-refractivity contribution in [3.8, 4) is 28.8 Å². The summed E-state index contributed by atoms with van der Waals surface area (Å²) in [5, 5.41) is 10.4. The minimum absolute atomic E-state index is 0.0702. The second kappa shape index (κ2) is 7.29. The first-order valence-corrected chi connectivity index (χ1v) is 8.40. The van der Waals surface area contributed by atoms with Crippen molar-refractivity contribution >= 4 is 11.8 Å². The summed E-state index contributed by atoms with van der Waals surface area (Å²) in [5.41, 5.74) is 4.04. The number of primary amides is 1. The van der Waals surface area contributed by atoms with Crippen LogP contribution < -0.4 is 10.5 Å². The molecule has 0 bridgehead atoms. The Labute approximate surface area is 160 Å². The molecular formula is C20H18FN3O4. The Bertz CT molecular complexity index is 1030. The fourth-order valence-corrected chi connectivity index (χ4v) is 2.83. The number of hydrogen-bond acceptors (Lipinski definition) is 5. The van der Waals surface area contributed by atoms with Gasteiger partial charge in [0.05, 0.1) is 12.8 Å². The van der Waals surface area contributed by atoms with Crippen LogP contribution in [0.4, 0.5) is 4.39 Å². The lowest BCUT2D eigenvalue weighted by Gasteiger charge is -2.13. The third-order valence-electron chi connectivity index (χ3n) is 4.45. The average Bonchev–Trinajstić information content (AvgIpc) is 2.94. The Balaban J connectivity index is 2.02. The monoisotopic (exact) mass is 383 g/mol. The third-order valence-corrected chi connectivity index (χ3v) is 4.45. The highest BCUT2D eigenvalue weighted by atomic mass is 19.1. The minimum atomic E-state index is -1.75. The normalized spacial score (nSPS) is 18.6. The highest BCUT2D eigenvalue weighted by Gasteiger charge is 2.42. The van der Waals surface area contributed by atoms with Gasteiger partial charge < -0.3 is 20.5 Å². The van der Waals surface area contributed by atoms with Crippen molar-refractivity contribution < 1.29 is 23.8 Å². The van der Waals surface area contributed by atoms with Crippen LogP contribution in [0.25, 0.3) is 11.3 Å². The second-order valence-corrected chi connectivity index (χ2v) is 6.42. The number of likely N-dealkylation sites (N-methyl/N-ethyl adjacent to an activating group) is 1. The summed E-state index contributed by atoms with van der Waals surface area (Å²) < 4.78 is 19.5. The fourth-order valence-electron chi connectivity index (χ4n) is 2.83. The van der Waals surface area contributed by atoms with Crippen LogP contribution in [0.5, 0.6) is 5.75 Å². The maximum Gasteiger partial charge on any atom is 0.267 e. The first kappa shape index (κ1) is 19.3. The van der Waals surface area contributed by atoms with E-state index < -0.39 is 23.2 Å². The summed E-state index contributed by atoms with van der Waals surface area (Å²) >= 11 is 0. The first-order valence-electron chi connectivity index (χ1n) is 8.40. The van der Waals surface area contributed by atoms with Crippen molar-refractivity contribution in [2.75, 3.05) is 20.7 Å². The summed E-state index contributed by atoms with van der Waals surface area (Å²) in [6.07, 6.45) is 0.197. The summed E-state index contributed by atoms with van der Waals surface area (Å²) in [7, 11) is 2.99. The zero-order valence-corrected chi connectivity index (χ0v) is 15.3. The Morgan fingerprint density at radius 1 is 1.39 bits per heavy atom. The molecular weight excluding hydrogens is 365 g/mol. The maximum atomic E-state index is 14.4. The SMILES string of the molecule is COc1cc(C(N)=O)nc(-c2cc(C#CC3(O)CCN(C)C3=O)ccc2F)c1. The molecule has 1 atom stereocenters. The molecule has 2 aromatic rings. The highest BCUT2D eigenvalue weighted by Crippen LogP contribution is 2.27. The molecule has 1 aromatic carbocycles. The molecule has 2 amide bonds. The fraction of sp³-hybridized carbons (Fsp3) is 0.250. The molecule has 3 N–H and O–H groups in total. The Morgan fingerprint density at radius 3 is 2.75 bits per heavy atom. The van der Waals surface area contributed by atoms with E-state index in [1.54, 1.807) is 7.05 Å². The molecule has 3 rings (SSSR count). The van der Waals surface area contributed by atoms with Gasteiger partial charge in [0.25, 0.3) is 11.8 Å². The average molecular weight is 383 g/mol. The van der Waals surface area contributed by atoms with E-state index in [4.69, 9.17) is 10.5 Å². The smallest absolute Gasteiger partial charge is 0.267 e. The number of methoxy groups -OCH3 is 1. The number of likely N-dealkylation sites (tertiary alicyclic amines) is 1. The number of carbonyl (C=O) groups excluding carboxylic acids is 2. The van der Waals surface area contributed by atoms with Crippen molar-refractivity contribution in [3.05, 3.63) is 47.4 Å². The van der Waals surface area contributed by atoms with Gasteiger partial charge in [-0.3, -0.25) is 9.59 Å². The number of ether oxygens (including phenoxy) is 1. The van der Waals surface area contributed by atoms with Crippen LogP contribution in [0, 0.1) is 17.7 Å². The lowest BCUT2D eigenvalue weighted by Crippen LogP contribution is -2.37. The first-order chi connectivity index (χ1) is 13.2. The lowest BCUT2D eigenvalue weighted by molar-refractivity contribution is -0.137.